The zero-order valence-electron chi connectivity index (χ0n) is 10.1. The van der Waals surface area contributed by atoms with Crippen molar-refractivity contribution in [2.45, 2.75) is 26.4 Å². The molecule has 1 amide bonds. The molecule has 0 saturated carbocycles. The van der Waals surface area contributed by atoms with Crippen molar-refractivity contribution in [2.24, 2.45) is 0 Å². The minimum absolute atomic E-state index is 0.0830. The molecule has 1 aromatic rings. The number of thiazole rings is 1. The molecule has 0 fully saturated rings. The Labute approximate surface area is 103 Å². The van der Waals surface area contributed by atoms with Crippen molar-refractivity contribution in [1.82, 2.24) is 4.98 Å². The second kappa shape index (κ2) is 4.70. The van der Waals surface area contributed by atoms with Crippen LogP contribution in [0.15, 0.2) is 5.38 Å². The van der Waals surface area contributed by atoms with Gasteiger partial charge >= 0.3 is 12.1 Å². The quantitative estimate of drug-likeness (QED) is 0.879. The lowest BCUT2D eigenvalue weighted by Gasteiger charge is -2.23. The van der Waals surface area contributed by atoms with Gasteiger partial charge in [0.05, 0.1) is 0 Å². The lowest BCUT2D eigenvalue weighted by Crippen LogP contribution is -2.34. The fraction of sp³-hybridized carbons (Fsp3) is 0.500. The number of carbonyl (C=O) groups excluding carboxylic acids is 1. The number of rotatable bonds is 2. The molecule has 0 aromatic carbocycles. The third-order valence-electron chi connectivity index (χ3n) is 1.67. The first-order chi connectivity index (χ1) is 7.70. The minimum atomic E-state index is -1.12. The summed E-state index contributed by atoms with van der Waals surface area (Å²) in [5.74, 6) is -1.12. The lowest BCUT2D eigenvalue weighted by atomic mass is 10.2. The second-order valence-corrected chi connectivity index (χ2v) is 5.20. The fourth-order valence-corrected chi connectivity index (χ4v) is 1.68. The summed E-state index contributed by atoms with van der Waals surface area (Å²) in [5, 5.41) is 10.4. The third kappa shape index (κ3) is 3.70. The van der Waals surface area contributed by atoms with Crippen LogP contribution in [0.3, 0.4) is 0 Å². The van der Waals surface area contributed by atoms with Crippen LogP contribution >= 0.6 is 11.3 Å². The van der Waals surface area contributed by atoms with Crippen molar-refractivity contribution in [1.29, 1.82) is 0 Å². The molecule has 1 heterocycles. The third-order valence-corrected chi connectivity index (χ3v) is 2.58. The van der Waals surface area contributed by atoms with E-state index in [1.807, 2.05) is 0 Å². The molecule has 1 rings (SSSR count). The molecule has 0 aliphatic rings. The molecule has 17 heavy (non-hydrogen) atoms. The molecule has 0 spiro atoms. The first kappa shape index (κ1) is 13.4. The SMILES string of the molecule is CN(C(=O)OC(C)(C)C)c1nc(C(=O)O)cs1. The standard InChI is InChI=1S/C10H14N2O4S/c1-10(2,3)16-9(15)12(4)8-11-6(5-17-8)7(13)14/h5H,1-4H3,(H,13,14). The Kier molecular flexibility index (Phi) is 3.72. The van der Waals surface area contributed by atoms with Gasteiger partial charge in [0.1, 0.15) is 5.60 Å². The zero-order valence-corrected chi connectivity index (χ0v) is 10.9. The summed E-state index contributed by atoms with van der Waals surface area (Å²) in [5.41, 5.74) is -0.682. The number of carboxylic acid groups (broad SMARTS) is 1. The molecule has 0 saturated heterocycles. The van der Waals surface area contributed by atoms with Crippen LogP contribution in [0.1, 0.15) is 31.3 Å². The number of anilines is 1. The normalized spacial score (nSPS) is 11.1. The van der Waals surface area contributed by atoms with Crippen molar-refractivity contribution in [3.8, 4) is 0 Å². The lowest BCUT2D eigenvalue weighted by molar-refractivity contribution is 0.0587. The first-order valence-electron chi connectivity index (χ1n) is 4.86. The summed E-state index contributed by atoms with van der Waals surface area (Å²) in [6.45, 7) is 5.26. The van der Waals surface area contributed by atoms with Crippen molar-refractivity contribution in [2.75, 3.05) is 11.9 Å². The zero-order chi connectivity index (χ0) is 13.2. The summed E-state index contributed by atoms with van der Waals surface area (Å²) in [4.78, 5) is 27.3. The number of ether oxygens (including phenoxy) is 1. The number of nitrogens with zero attached hydrogens (tertiary/aromatic N) is 2. The molecule has 7 heteroatoms. The molecule has 0 aliphatic carbocycles. The van der Waals surface area contributed by atoms with E-state index in [-0.39, 0.29) is 10.8 Å². The number of carbonyl (C=O) groups is 2. The Morgan fingerprint density at radius 1 is 1.47 bits per heavy atom. The van der Waals surface area contributed by atoms with Gasteiger partial charge in [-0.15, -0.1) is 11.3 Å². The van der Waals surface area contributed by atoms with Crippen LogP contribution in [0.25, 0.3) is 0 Å². The number of aromatic nitrogens is 1. The van der Waals surface area contributed by atoms with E-state index in [4.69, 9.17) is 9.84 Å². The minimum Gasteiger partial charge on any atom is -0.476 e. The maximum absolute atomic E-state index is 11.7. The van der Waals surface area contributed by atoms with Crippen LogP contribution in [-0.4, -0.2) is 34.8 Å². The van der Waals surface area contributed by atoms with Gasteiger partial charge in [0.2, 0.25) is 0 Å². The summed E-state index contributed by atoms with van der Waals surface area (Å²) in [6.07, 6.45) is -0.566. The molecule has 0 unspecified atom stereocenters. The highest BCUT2D eigenvalue weighted by Gasteiger charge is 2.23. The Morgan fingerprint density at radius 2 is 2.06 bits per heavy atom. The van der Waals surface area contributed by atoms with E-state index in [0.29, 0.717) is 0 Å². The van der Waals surface area contributed by atoms with Gasteiger partial charge in [0.25, 0.3) is 0 Å². The van der Waals surface area contributed by atoms with E-state index >= 15 is 0 Å². The van der Waals surface area contributed by atoms with E-state index in [1.54, 1.807) is 20.8 Å². The number of hydrogen-bond acceptors (Lipinski definition) is 5. The van der Waals surface area contributed by atoms with Gasteiger partial charge in [0.15, 0.2) is 10.8 Å². The Bertz CT molecular complexity index is 436. The Balaban J connectivity index is 2.78. The van der Waals surface area contributed by atoms with E-state index in [9.17, 15) is 9.59 Å². The molecule has 6 nitrogen and oxygen atoms in total. The number of hydrogen-bond donors (Lipinski definition) is 1. The molecule has 0 aliphatic heterocycles. The Morgan fingerprint density at radius 3 is 2.47 bits per heavy atom. The van der Waals surface area contributed by atoms with Gasteiger partial charge in [-0.3, -0.25) is 4.90 Å². The highest BCUT2D eigenvalue weighted by Crippen LogP contribution is 2.21. The molecule has 0 atom stereocenters. The van der Waals surface area contributed by atoms with Gasteiger partial charge in [-0.25, -0.2) is 14.6 Å². The van der Waals surface area contributed by atoms with E-state index in [2.05, 4.69) is 4.98 Å². The van der Waals surface area contributed by atoms with Crippen LogP contribution in [-0.2, 0) is 4.74 Å². The average Bonchev–Trinajstić information content (AvgIpc) is 2.62. The molecule has 0 radical (unpaired) electrons. The van der Waals surface area contributed by atoms with Crippen LogP contribution in [0, 0.1) is 0 Å². The first-order valence-corrected chi connectivity index (χ1v) is 5.74. The van der Waals surface area contributed by atoms with Crippen LogP contribution < -0.4 is 4.90 Å². The summed E-state index contributed by atoms with van der Waals surface area (Å²) in [7, 11) is 1.48. The summed E-state index contributed by atoms with van der Waals surface area (Å²) < 4.78 is 5.13. The highest BCUT2D eigenvalue weighted by atomic mass is 32.1. The number of aromatic carboxylic acids is 1. The Hall–Kier alpha value is -1.63. The van der Waals surface area contributed by atoms with Gasteiger partial charge in [-0.1, -0.05) is 0 Å². The molecular formula is C10H14N2O4S. The number of amides is 1. The molecule has 94 valence electrons. The van der Waals surface area contributed by atoms with Crippen LogP contribution in [0.4, 0.5) is 9.93 Å². The number of carboxylic acids is 1. The molecule has 1 N–H and O–H groups in total. The second-order valence-electron chi connectivity index (χ2n) is 4.36. The van der Waals surface area contributed by atoms with Crippen molar-refractivity contribution in [3.05, 3.63) is 11.1 Å². The monoisotopic (exact) mass is 258 g/mol. The van der Waals surface area contributed by atoms with Gasteiger partial charge in [0, 0.05) is 12.4 Å². The maximum atomic E-state index is 11.7. The van der Waals surface area contributed by atoms with E-state index < -0.39 is 17.7 Å². The van der Waals surface area contributed by atoms with Crippen molar-refractivity contribution in [3.63, 3.8) is 0 Å². The topological polar surface area (TPSA) is 79.7 Å². The largest absolute Gasteiger partial charge is 0.476 e. The summed E-state index contributed by atoms with van der Waals surface area (Å²) >= 11 is 1.07. The van der Waals surface area contributed by atoms with Crippen LogP contribution in [0.5, 0.6) is 0 Å². The average molecular weight is 258 g/mol. The fourth-order valence-electron chi connectivity index (χ4n) is 0.925. The van der Waals surface area contributed by atoms with Crippen LogP contribution in [0.2, 0.25) is 0 Å². The molecule has 1 aromatic heterocycles. The predicted molar refractivity (Wildman–Crippen MR) is 63.7 cm³/mol. The predicted octanol–water partition coefficient (Wildman–Crippen LogP) is 2.21. The van der Waals surface area contributed by atoms with Gasteiger partial charge < -0.3 is 9.84 Å². The summed E-state index contributed by atoms with van der Waals surface area (Å²) in [6, 6.07) is 0. The highest BCUT2D eigenvalue weighted by molar-refractivity contribution is 7.14. The van der Waals surface area contributed by atoms with Gasteiger partial charge in [-0.2, -0.15) is 0 Å². The molecule has 0 bridgehead atoms. The van der Waals surface area contributed by atoms with E-state index in [0.717, 1.165) is 11.3 Å². The van der Waals surface area contributed by atoms with E-state index in [1.165, 1.54) is 17.3 Å². The van der Waals surface area contributed by atoms with Crippen molar-refractivity contribution >= 4 is 28.5 Å². The smallest absolute Gasteiger partial charge is 0.416 e. The molecular weight excluding hydrogens is 244 g/mol. The van der Waals surface area contributed by atoms with Gasteiger partial charge in [-0.05, 0) is 20.8 Å². The van der Waals surface area contributed by atoms with Crippen molar-refractivity contribution < 1.29 is 19.4 Å². The maximum Gasteiger partial charge on any atom is 0.416 e.